The van der Waals surface area contributed by atoms with E-state index >= 15 is 0 Å². The van der Waals surface area contributed by atoms with Crippen LogP contribution in [0.25, 0.3) is 5.69 Å². The molecule has 0 radical (unpaired) electrons. The number of phenolic OH excluding ortho intramolecular Hbond substituents is 1. The van der Waals surface area contributed by atoms with Gasteiger partial charge in [-0.15, -0.1) is 0 Å². The van der Waals surface area contributed by atoms with E-state index in [0.29, 0.717) is 5.02 Å². The molecule has 0 aliphatic carbocycles. The molecule has 3 aromatic rings. The van der Waals surface area contributed by atoms with Gasteiger partial charge in [-0.3, -0.25) is 19.3 Å². The Morgan fingerprint density at radius 2 is 1.93 bits per heavy atom. The van der Waals surface area contributed by atoms with Crippen molar-refractivity contribution in [2.45, 2.75) is 0 Å². The third kappa shape index (κ3) is 3.87. The van der Waals surface area contributed by atoms with Gasteiger partial charge in [-0.05, 0) is 48.6 Å². The maximum atomic E-state index is 13.4. The summed E-state index contributed by atoms with van der Waals surface area (Å²) in [6, 6.07) is 7.87. The van der Waals surface area contributed by atoms with E-state index in [2.05, 4.69) is 9.98 Å². The molecule has 3 rings (SSSR count). The summed E-state index contributed by atoms with van der Waals surface area (Å²) in [7, 11) is 0. The van der Waals surface area contributed by atoms with Crippen molar-refractivity contribution in [3.63, 3.8) is 0 Å². The topological polar surface area (TPSA) is 90.6 Å². The average molecular weight is 426 g/mol. The van der Waals surface area contributed by atoms with E-state index in [1.54, 1.807) is 0 Å². The Labute approximate surface area is 166 Å². The molecule has 0 aliphatic rings. The molecule has 6 nitrogen and oxygen atoms in total. The Morgan fingerprint density at radius 1 is 1.19 bits per heavy atom. The van der Waals surface area contributed by atoms with Crippen molar-refractivity contribution >= 4 is 47.3 Å². The Bertz CT molecular complexity index is 1190. The van der Waals surface area contributed by atoms with E-state index in [1.807, 2.05) is 0 Å². The summed E-state index contributed by atoms with van der Waals surface area (Å²) >= 11 is 16.7. The smallest absolute Gasteiger partial charge is 0.264 e. The summed E-state index contributed by atoms with van der Waals surface area (Å²) in [6.07, 6.45) is 1.05. The van der Waals surface area contributed by atoms with Gasteiger partial charge in [-0.25, -0.2) is 4.39 Å². The Balaban J connectivity index is 2.16. The summed E-state index contributed by atoms with van der Waals surface area (Å²) in [4.78, 5) is 18.5. The molecule has 0 saturated heterocycles. The molecule has 0 fully saturated rings. The van der Waals surface area contributed by atoms with E-state index < -0.39 is 17.3 Å². The summed E-state index contributed by atoms with van der Waals surface area (Å²) < 4.78 is 14.4. The lowest BCUT2D eigenvalue weighted by Crippen LogP contribution is -2.18. The SMILES string of the molecule is O=c1[nH]c(=S)n(-c2ccc(F)c(Cl)c2)c(O)c1C=Nc1cc(Cl)ccc1O. The highest BCUT2D eigenvalue weighted by atomic mass is 35.5. The summed E-state index contributed by atoms with van der Waals surface area (Å²) in [5.74, 6) is -1.34. The first-order valence-electron chi connectivity index (χ1n) is 7.34. The molecule has 0 aliphatic heterocycles. The molecule has 0 atom stereocenters. The Morgan fingerprint density at radius 3 is 2.63 bits per heavy atom. The number of halogens is 3. The molecule has 0 spiro atoms. The van der Waals surface area contributed by atoms with E-state index in [1.165, 1.54) is 30.3 Å². The van der Waals surface area contributed by atoms with Gasteiger partial charge in [0.25, 0.3) is 5.56 Å². The third-order valence-electron chi connectivity index (χ3n) is 3.55. The predicted molar refractivity (Wildman–Crippen MR) is 104 cm³/mol. The first-order valence-corrected chi connectivity index (χ1v) is 8.50. The lowest BCUT2D eigenvalue weighted by atomic mass is 10.2. The standard InChI is InChI=1S/C17H10Cl2FN3O3S/c18-8-1-4-14(24)13(5-8)21-7-10-15(25)22-17(27)23(16(10)26)9-2-3-12(20)11(19)6-9/h1-7,24,26H,(H,22,25,27). The van der Waals surface area contributed by atoms with Gasteiger partial charge in [0, 0.05) is 11.2 Å². The zero-order chi connectivity index (χ0) is 19.7. The minimum absolute atomic E-state index is 0.0973. The molecule has 0 bridgehead atoms. The minimum atomic E-state index is -0.702. The zero-order valence-corrected chi connectivity index (χ0v) is 15.6. The molecule has 0 saturated carbocycles. The lowest BCUT2D eigenvalue weighted by Gasteiger charge is -2.11. The second kappa shape index (κ2) is 7.51. The van der Waals surface area contributed by atoms with Crippen LogP contribution in [0.4, 0.5) is 10.1 Å². The van der Waals surface area contributed by atoms with Crippen molar-refractivity contribution in [3.05, 3.63) is 72.9 Å². The van der Waals surface area contributed by atoms with Crippen LogP contribution >= 0.6 is 35.4 Å². The first-order chi connectivity index (χ1) is 12.8. The molecule has 0 amide bonds. The van der Waals surface area contributed by atoms with Gasteiger partial charge in [-0.1, -0.05) is 23.2 Å². The van der Waals surface area contributed by atoms with Crippen molar-refractivity contribution < 1.29 is 14.6 Å². The van der Waals surface area contributed by atoms with Gasteiger partial charge >= 0.3 is 0 Å². The molecule has 10 heteroatoms. The zero-order valence-electron chi connectivity index (χ0n) is 13.3. The highest BCUT2D eigenvalue weighted by Crippen LogP contribution is 2.29. The molecular formula is C17H10Cl2FN3O3S. The second-order valence-corrected chi connectivity index (χ2v) is 6.55. The van der Waals surface area contributed by atoms with Crippen LogP contribution in [0.1, 0.15) is 5.56 Å². The predicted octanol–water partition coefficient (Wildman–Crippen LogP) is 4.50. The van der Waals surface area contributed by atoms with Crippen LogP contribution in [0.2, 0.25) is 10.0 Å². The Hall–Kier alpha value is -2.68. The van der Waals surface area contributed by atoms with Crippen LogP contribution < -0.4 is 5.56 Å². The van der Waals surface area contributed by atoms with Crippen molar-refractivity contribution in [2.24, 2.45) is 4.99 Å². The van der Waals surface area contributed by atoms with Crippen LogP contribution in [-0.2, 0) is 0 Å². The molecule has 3 N–H and O–H groups in total. The van der Waals surface area contributed by atoms with Crippen molar-refractivity contribution in [3.8, 4) is 17.3 Å². The fourth-order valence-electron chi connectivity index (χ4n) is 2.25. The van der Waals surface area contributed by atoms with E-state index in [9.17, 15) is 19.4 Å². The quantitative estimate of drug-likeness (QED) is 0.425. The van der Waals surface area contributed by atoms with Crippen LogP contribution in [0, 0.1) is 10.6 Å². The number of nitrogens with zero attached hydrogens (tertiary/aromatic N) is 2. The number of nitrogens with one attached hydrogen (secondary N) is 1. The lowest BCUT2D eigenvalue weighted by molar-refractivity contribution is 0.432. The summed E-state index contributed by atoms with van der Waals surface area (Å²) in [6.45, 7) is 0. The number of aromatic hydroxyl groups is 2. The van der Waals surface area contributed by atoms with Gasteiger partial charge in [0.05, 0.1) is 10.7 Å². The number of phenols is 1. The molecule has 1 aromatic heterocycles. The molecular weight excluding hydrogens is 416 g/mol. The average Bonchev–Trinajstić information content (AvgIpc) is 2.60. The normalized spacial score (nSPS) is 11.2. The number of aromatic amines is 1. The number of H-pyrrole nitrogens is 1. The number of benzene rings is 2. The van der Waals surface area contributed by atoms with Gasteiger partial charge < -0.3 is 10.2 Å². The van der Waals surface area contributed by atoms with Gasteiger partial charge in [0.2, 0.25) is 5.88 Å². The van der Waals surface area contributed by atoms with E-state index in [4.69, 9.17) is 35.4 Å². The maximum Gasteiger partial charge on any atom is 0.264 e. The Kier molecular flexibility index (Phi) is 5.31. The van der Waals surface area contributed by atoms with Gasteiger partial charge in [0.15, 0.2) is 4.77 Å². The molecule has 138 valence electrons. The van der Waals surface area contributed by atoms with Crippen molar-refractivity contribution in [2.75, 3.05) is 0 Å². The number of aromatic nitrogens is 2. The van der Waals surface area contributed by atoms with Crippen LogP contribution in [0.15, 0.2) is 46.2 Å². The molecule has 27 heavy (non-hydrogen) atoms. The third-order valence-corrected chi connectivity index (χ3v) is 4.36. The van der Waals surface area contributed by atoms with Gasteiger partial charge in [-0.2, -0.15) is 0 Å². The monoisotopic (exact) mass is 425 g/mol. The highest BCUT2D eigenvalue weighted by molar-refractivity contribution is 7.71. The van der Waals surface area contributed by atoms with E-state index in [0.717, 1.165) is 16.8 Å². The fraction of sp³-hybridized carbons (Fsp3) is 0. The summed E-state index contributed by atoms with van der Waals surface area (Å²) in [5, 5.41) is 20.5. The van der Waals surface area contributed by atoms with Gasteiger partial charge in [0.1, 0.15) is 22.8 Å². The maximum absolute atomic E-state index is 13.4. The second-order valence-electron chi connectivity index (χ2n) is 5.32. The number of hydrogen-bond acceptors (Lipinski definition) is 5. The van der Waals surface area contributed by atoms with Crippen molar-refractivity contribution in [1.29, 1.82) is 0 Å². The number of hydrogen-bond donors (Lipinski definition) is 3. The van der Waals surface area contributed by atoms with Crippen molar-refractivity contribution in [1.82, 2.24) is 9.55 Å². The highest BCUT2D eigenvalue weighted by Gasteiger charge is 2.14. The molecule has 1 heterocycles. The summed E-state index contributed by atoms with van der Waals surface area (Å²) in [5.41, 5.74) is -0.601. The number of aliphatic imine (C=N–C) groups is 1. The molecule has 0 unspecified atom stereocenters. The fourth-order valence-corrected chi connectivity index (χ4v) is 2.88. The first kappa shape index (κ1) is 19.1. The van der Waals surface area contributed by atoms with Crippen LogP contribution in [0.3, 0.4) is 0 Å². The van der Waals surface area contributed by atoms with Crippen LogP contribution in [-0.4, -0.2) is 26.0 Å². The molecule has 2 aromatic carbocycles. The van der Waals surface area contributed by atoms with E-state index in [-0.39, 0.29) is 32.5 Å². The number of rotatable bonds is 3. The van der Waals surface area contributed by atoms with Crippen LogP contribution in [0.5, 0.6) is 11.6 Å². The minimum Gasteiger partial charge on any atom is -0.506 e. The largest absolute Gasteiger partial charge is 0.506 e.